The van der Waals surface area contributed by atoms with Crippen molar-refractivity contribution >= 4 is 32.6 Å². The highest BCUT2D eigenvalue weighted by Crippen LogP contribution is 2.23. The monoisotopic (exact) mass is 478 g/mol. The second kappa shape index (κ2) is 10.2. The zero-order valence-corrected chi connectivity index (χ0v) is 19.7. The first kappa shape index (κ1) is 23.6. The highest BCUT2D eigenvalue weighted by atomic mass is 32.2. The molecule has 176 valence electrons. The summed E-state index contributed by atoms with van der Waals surface area (Å²) in [7, 11) is -3.59. The van der Waals surface area contributed by atoms with E-state index >= 15 is 0 Å². The molecule has 2 aromatic carbocycles. The van der Waals surface area contributed by atoms with Crippen LogP contribution in [0.25, 0.3) is 10.9 Å². The number of carbonyl (C=O) groups excluding carboxylic acids is 1. The van der Waals surface area contributed by atoms with Crippen LogP contribution in [0.2, 0.25) is 0 Å². The van der Waals surface area contributed by atoms with Crippen LogP contribution in [0.4, 0.5) is 10.5 Å². The lowest BCUT2D eigenvalue weighted by atomic mass is 10.1. The van der Waals surface area contributed by atoms with Gasteiger partial charge in [0.25, 0.3) is 0 Å². The molecule has 0 bridgehead atoms. The quantitative estimate of drug-likeness (QED) is 0.562. The maximum absolute atomic E-state index is 12.8. The van der Waals surface area contributed by atoms with Crippen LogP contribution in [-0.4, -0.2) is 67.9 Å². The predicted molar refractivity (Wildman–Crippen MR) is 130 cm³/mol. The van der Waals surface area contributed by atoms with Crippen LogP contribution >= 0.6 is 0 Å². The first-order chi connectivity index (χ1) is 16.4. The molecular formula is C24H26N6O3S. The number of rotatable bonds is 6. The summed E-state index contributed by atoms with van der Waals surface area (Å²) in [6.07, 6.45) is 0. The molecule has 1 aliphatic rings. The normalized spacial score (nSPS) is 15.1. The van der Waals surface area contributed by atoms with Crippen LogP contribution in [0.3, 0.4) is 0 Å². The molecule has 0 radical (unpaired) electrons. The molecule has 0 atom stereocenters. The molecule has 34 heavy (non-hydrogen) atoms. The highest BCUT2D eigenvalue weighted by Gasteiger charge is 2.28. The number of sulfonamides is 1. The van der Waals surface area contributed by atoms with Gasteiger partial charge in [0.1, 0.15) is 0 Å². The van der Waals surface area contributed by atoms with Crippen molar-refractivity contribution in [1.82, 2.24) is 19.5 Å². The largest absolute Gasteiger partial charge is 0.337 e. The number of para-hydroxylation sites is 1. The lowest BCUT2D eigenvalue weighted by molar-refractivity contribution is 0.189. The van der Waals surface area contributed by atoms with Crippen molar-refractivity contribution in [3.05, 3.63) is 65.9 Å². The van der Waals surface area contributed by atoms with Crippen molar-refractivity contribution in [3.63, 3.8) is 0 Å². The van der Waals surface area contributed by atoms with E-state index in [2.05, 4.69) is 20.5 Å². The number of pyridine rings is 1. The van der Waals surface area contributed by atoms with Gasteiger partial charge >= 0.3 is 6.03 Å². The fraction of sp³-hybridized carbons (Fsp3) is 0.292. The molecule has 2 heterocycles. The molecule has 0 saturated carbocycles. The average molecular weight is 479 g/mol. The average Bonchev–Trinajstić information content (AvgIpc) is 2.84. The van der Waals surface area contributed by atoms with Crippen LogP contribution in [-0.2, 0) is 10.0 Å². The van der Waals surface area contributed by atoms with E-state index in [0.717, 1.165) is 16.6 Å². The Morgan fingerprint density at radius 2 is 1.79 bits per heavy atom. The molecule has 0 spiro atoms. The van der Waals surface area contributed by atoms with Gasteiger partial charge in [-0.3, -0.25) is 9.88 Å². The Morgan fingerprint density at radius 3 is 2.50 bits per heavy atom. The Bertz CT molecular complexity index is 1330. The second-order valence-electron chi connectivity index (χ2n) is 8.09. The van der Waals surface area contributed by atoms with E-state index in [-0.39, 0.29) is 10.9 Å². The number of nitrogens with one attached hydrogen (secondary N) is 2. The third-order valence-electron chi connectivity index (χ3n) is 5.76. The molecule has 0 aliphatic carbocycles. The number of aryl methyl sites for hydroxylation is 1. The first-order valence-corrected chi connectivity index (χ1v) is 12.4. The molecule has 1 fully saturated rings. The van der Waals surface area contributed by atoms with Gasteiger partial charge in [-0.1, -0.05) is 18.2 Å². The van der Waals surface area contributed by atoms with E-state index in [1.54, 1.807) is 0 Å². The van der Waals surface area contributed by atoms with Crippen LogP contribution in [0, 0.1) is 18.3 Å². The lowest BCUT2D eigenvalue weighted by Crippen LogP contribution is -2.50. The van der Waals surface area contributed by atoms with Crippen molar-refractivity contribution < 1.29 is 13.2 Å². The molecule has 1 saturated heterocycles. The third kappa shape index (κ3) is 5.34. The summed E-state index contributed by atoms with van der Waals surface area (Å²) in [6, 6.07) is 17.1. The lowest BCUT2D eigenvalue weighted by Gasteiger charge is -2.33. The third-order valence-corrected chi connectivity index (χ3v) is 7.67. The highest BCUT2D eigenvalue weighted by molar-refractivity contribution is 7.89. The molecule has 10 heteroatoms. The fourth-order valence-corrected chi connectivity index (χ4v) is 5.37. The van der Waals surface area contributed by atoms with Crippen molar-refractivity contribution in [1.29, 1.82) is 5.26 Å². The summed E-state index contributed by atoms with van der Waals surface area (Å²) in [5, 5.41) is 15.5. The standard InChI is InChI=1S/C24H26N6O3S/c1-18-16-23(21-4-2-3-5-22(21)27-18)28-24(31)26-10-11-29-12-14-30(15-13-29)34(32,33)20-8-6-19(17-25)7-9-20/h2-9,16H,10-15H2,1H3,(H2,26,27,28,31). The number of piperazine rings is 1. The zero-order valence-electron chi connectivity index (χ0n) is 18.9. The van der Waals surface area contributed by atoms with Crippen molar-refractivity contribution in [2.45, 2.75) is 11.8 Å². The maximum Gasteiger partial charge on any atom is 0.319 e. The summed E-state index contributed by atoms with van der Waals surface area (Å²) in [5.41, 5.74) is 2.78. The molecule has 2 amide bonds. The SMILES string of the molecule is Cc1cc(NC(=O)NCCN2CCN(S(=O)(=O)c3ccc(C#N)cc3)CC2)c2ccccc2n1. The number of carbonyl (C=O) groups is 1. The van der Waals surface area contributed by atoms with Gasteiger partial charge in [-0.05, 0) is 43.3 Å². The molecule has 2 N–H and O–H groups in total. The van der Waals surface area contributed by atoms with Gasteiger partial charge in [0.15, 0.2) is 0 Å². The Balaban J connectivity index is 1.25. The number of urea groups is 1. The number of fused-ring (bicyclic) bond motifs is 1. The van der Waals surface area contributed by atoms with E-state index in [1.807, 2.05) is 43.3 Å². The van der Waals surface area contributed by atoms with Gasteiger partial charge in [-0.25, -0.2) is 13.2 Å². The second-order valence-corrected chi connectivity index (χ2v) is 10.0. The van der Waals surface area contributed by atoms with Crippen LogP contribution in [0.1, 0.15) is 11.3 Å². The number of nitrogens with zero attached hydrogens (tertiary/aromatic N) is 4. The number of anilines is 1. The predicted octanol–water partition coefficient (Wildman–Crippen LogP) is 2.54. The van der Waals surface area contributed by atoms with Crippen molar-refractivity contribution in [3.8, 4) is 6.07 Å². The molecule has 4 rings (SSSR count). The summed E-state index contributed by atoms with van der Waals surface area (Å²) >= 11 is 0. The minimum atomic E-state index is -3.59. The van der Waals surface area contributed by atoms with E-state index in [0.29, 0.717) is 50.5 Å². The van der Waals surface area contributed by atoms with Crippen LogP contribution in [0.5, 0.6) is 0 Å². The van der Waals surface area contributed by atoms with Gasteiger partial charge in [-0.15, -0.1) is 0 Å². The van der Waals surface area contributed by atoms with E-state index in [4.69, 9.17) is 5.26 Å². The van der Waals surface area contributed by atoms with Gasteiger partial charge in [-0.2, -0.15) is 9.57 Å². The van der Waals surface area contributed by atoms with E-state index < -0.39 is 10.0 Å². The topological polar surface area (TPSA) is 118 Å². The molecule has 1 aliphatic heterocycles. The molecule has 3 aromatic rings. The number of nitriles is 1. The fourth-order valence-electron chi connectivity index (χ4n) is 3.95. The minimum absolute atomic E-state index is 0.192. The summed E-state index contributed by atoms with van der Waals surface area (Å²) < 4.78 is 27.1. The number of hydrogen-bond acceptors (Lipinski definition) is 6. The van der Waals surface area contributed by atoms with Crippen LogP contribution in [0.15, 0.2) is 59.5 Å². The van der Waals surface area contributed by atoms with Gasteiger partial charge < -0.3 is 10.6 Å². The van der Waals surface area contributed by atoms with E-state index in [9.17, 15) is 13.2 Å². The van der Waals surface area contributed by atoms with Gasteiger partial charge in [0.05, 0.1) is 27.7 Å². The Labute approximate surface area is 199 Å². The number of aromatic nitrogens is 1. The summed E-state index contributed by atoms with van der Waals surface area (Å²) in [6.45, 7) is 4.84. The minimum Gasteiger partial charge on any atom is -0.337 e. The first-order valence-electron chi connectivity index (χ1n) is 11.0. The Morgan fingerprint density at radius 1 is 1.09 bits per heavy atom. The Kier molecular flexibility index (Phi) is 7.07. The molecule has 0 unspecified atom stereocenters. The van der Waals surface area contributed by atoms with Gasteiger partial charge in [0.2, 0.25) is 10.0 Å². The van der Waals surface area contributed by atoms with Crippen molar-refractivity contribution in [2.24, 2.45) is 0 Å². The molecule has 9 nitrogen and oxygen atoms in total. The van der Waals surface area contributed by atoms with E-state index in [1.165, 1.54) is 28.6 Å². The number of hydrogen-bond donors (Lipinski definition) is 2. The molecule has 1 aromatic heterocycles. The van der Waals surface area contributed by atoms with Gasteiger partial charge in [0, 0.05) is 50.3 Å². The number of benzene rings is 2. The molecular weight excluding hydrogens is 452 g/mol. The number of amides is 2. The van der Waals surface area contributed by atoms with Crippen LogP contribution < -0.4 is 10.6 Å². The zero-order chi connectivity index (χ0) is 24.1. The van der Waals surface area contributed by atoms with Crippen molar-refractivity contribution in [2.75, 3.05) is 44.6 Å². The summed E-state index contributed by atoms with van der Waals surface area (Å²) in [4.78, 5) is 19.2. The Hall–Kier alpha value is -3.52. The summed E-state index contributed by atoms with van der Waals surface area (Å²) in [5.74, 6) is 0. The smallest absolute Gasteiger partial charge is 0.319 e. The maximum atomic E-state index is 12.8.